The van der Waals surface area contributed by atoms with Crippen molar-refractivity contribution in [2.24, 2.45) is 10.7 Å². The van der Waals surface area contributed by atoms with Gasteiger partial charge in [0.1, 0.15) is 12.3 Å². The number of nitrogens with one attached hydrogen (secondary N) is 2. The Labute approximate surface area is 127 Å². The number of aliphatic imine (C=N–C) groups is 1. The van der Waals surface area contributed by atoms with Crippen molar-refractivity contribution in [3.05, 3.63) is 46.5 Å². The van der Waals surface area contributed by atoms with E-state index < -0.39 is 0 Å². The van der Waals surface area contributed by atoms with Crippen LogP contribution in [0.4, 0.5) is 0 Å². The smallest absolute Gasteiger partial charge is 0.242 e. The molecule has 0 bridgehead atoms. The number of guanidine groups is 1. The van der Waals surface area contributed by atoms with Crippen LogP contribution in [0.5, 0.6) is 0 Å². The molecule has 21 heavy (non-hydrogen) atoms. The van der Waals surface area contributed by atoms with Crippen LogP contribution in [0.25, 0.3) is 0 Å². The Kier molecular flexibility index (Phi) is 5.83. The maximum absolute atomic E-state index is 11.6. The minimum atomic E-state index is -0.200. The van der Waals surface area contributed by atoms with Crippen molar-refractivity contribution in [2.45, 2.75) is 13.0 Å². The molecule has 0 spiro atoms. The van der Waals surface area contributed by atoms with Crippen molar-refractivity contribution in [1.29, 1.82) is 0 Å². The third kappa shape index (κ3) is 5.70. The van der Waals surface area contributed by atoms with E-state index in [1.54, 1.807) is 29.7 Å². The lowest BCUT2D eigenvalue weighted by atomic mass is 10.3. The van der Waals surface area contributed by atoms with E-state index in [0.29, 0.717) is 18.8 Å². The van der Waals surface area contributed by atoms with Crippen molar-refractivity contribution in [2.75, 3.05) is 13.1 Å². The molecule has 0 aliphatic heterocycles. The second kappa shape index (κ2) is 8.11. The Morgan fingerprint density at radius 2 is 2.24 bits per heavy atom. The molecule has 0 atom stereocenters. The Hall–Kier alpha value is -2.28. The average molecular weight is 306 g/mol. The highest BCUT2D eigenvalue weighted by Crippen LogP contribution is 2.07. The first-order valence-corrected chi connectivity index (χ1v) is 7.47. The molecule has 0 aromatic carbocycles. The van der Waals surface area contributed by atoms with Crippen LogP contribution in [0.3, 0.4) is 0 Å². The minimum absolute atomic E-state index is 0.00144. The van der Waals surface area contributed by atoms with Gasteiger partial charge in [-0.2, -0.15) is 0 Å². The Balaban J connectivity index is 1.61. The number of furan rings is 1. The number of nitrogens with zero attached hydrogens (tertiary/aromatic N) is 1. The number of carbonyl (C=O) groups is 1. The first-order chi connectivity index (χ1) is 10.2. The van der Waals surface area contributed by atoms with Crippen LogP contribution in [-0.2, 0) is 17.8 Å². The van der Waals surface area contributed by atoms with Crippen LogP contribution < -0.4 is 16.4 Å². The van der Waals surface area contributed by atoms with Crippen LogP contribution in [0.15, 0.2) is 45.3 Å². The summed E-state index contributed by atoms with van der Waals surface area (Å²) in [5, 5.41) is 7.72. The number of carbonyl (C=O) groups excluding carboxylic acids is 1. The number of rotatable bonds is 7. The van der Waals surface area contributed by atoms with Gasteiger partial charge in [-0.1, -0.05) is 6.07 Å². The lowest BCUT2D eigenvalue weighted by Gasteiger charge is -2.05. The summed E-state index contributed by atoms with van der Waals surface area (Å²) in [5.41, 5.74) is 5.70. The molecule has 4 N–H and O–H groups in total. The van der Waals surface area contributed by atoms with Gasteiger partial charge in [0.05, 0.1) is 12.8 Å². The predicted octanol–water partition coefficient (Wildman–Crippen LogP) is 1.10. The normalized spacial score (nSPS) is 11.3. The van der Waals surface area contributed by atoms with E-state index in [-0.39, 0.29) is 18.4 Å². The van der Waals surface area contributed by atoms with Gasteiger partial charge < -0.3 is 20.8 Å². The molecule has 2 heterocycles. The number of hydrogen-bond acceptors (Lipinski definition) is 4. The largest absolute Gasteiger partial charge is 0.467 e. The van der Waals surface area contributed by atoms with Gasteiger partial charge in [-0.15, -0.1) is 11.3 Å². The molecular weight excluding hydrogens is 288 g/mol. The summed E-state index contributed by atoms with van der Waals surface area (Å²) in [5.74, 6) is 0.781. The van der Waals surface area contributed by atoms with E-state index in [2.05, 4.69) is 21.7 Å². The molecule has 0 unspecified atom stereocenters. The summed E-state index contributed by atoms with van der Waals surface area (Å²) in [6, 6.07) is 7.65. The standard InChI is InChI=1S/C14H18N4O2S/c15-14(16-6-5-12-4-2-8-21-12)18-10-13(19)17-9-11-3-1-7-20-11/h1-4,7-8H,5-6,9-10H2,(H,17,19)(H3,15,16,18). The second-order valence-electron chi connectivity index (χ2n) is 4.31. The summed E-state index contributed by atoms with van der Waals surface area (Å²) in [7, 11) is 0. The summed E-state index contributed by atoms with van der Waals surface area (Å²) in [6.45, 7) is 1.05. The number of nitrogens with two attached hydrogens (primary N) is 1. The lowest BCUT2D eigenvalue weighted by Crippen LogP contribution is -2.35. The maximum Gasteiger partial charge on any atom is 0.242 e. The fourth-order valence-corrected chi connectivity index (χ4v) is 2.35. The third-order valence-electron chi connectivity index (χ3n) is 2.69. The maximum atomic E-state index is 11.6. The number of thiophene rings is 1. The van der Waals surface area contributed by atoms with Gasteiger partial charge in [-0.25, -0.2) is 4.99 Å². The molecule has 7 heteroatoms. The predicted molar refractivity (Wildman–Crippen MR) is 83.1 cm³/mol. The van der Waals surface area contributed by atoms with Crippen molar-refractivity contribution in [1.82, 2.24) is 10.6 Å². The molecule has 1 amide bonds. The molecule has 2 rings (SSSR count). The van der Waals surface area contributed by atoms with Crippen molar-refractivity contribution in [3.8, 4) is 0 Å². The topological polar surface area (TPSA) is 92.6 Å². The SMILES string of the molecule is NC(=NCC(=O)NCc1ccco1)NCCc1cccs1. The molecule has 0 saturated heterocycles. The van der Waals surface area contributed by atoms with E-state index in [1.165, 1.54) is 4.88 Å². The van der Waals surface area contributed by atoms with Crippen molar-refractivity contribution < 1.29 is 9.21 Å². The van der Waals surface area contributed by atoms with Gasteiger partial charge in [0, 0.05) is 11.4 Å². The van der Waals surface area contributed by atoms with Crippen LogP contribution in [0.2, 0.25) is 0 Å². The summed E-state index contributed by atoms with van der Waals surface area (Å²) < 4.78 is 5.11. The Morgan fingerprint density at radius 3 is 2.95 bits per heavy atom. The van der Waals surface area contributed by atoms with Gasteiger partial charge in [0.25, 0.3) is 0 Å². The van der Waals surface area contributed by atoms with Crippen molar-refractivity contribution in [3.63, 3.8) is 0 Å². The molecule has 2 aromatic heterocycles. The first-order valence-electron chi connectivity index (χ1n) is 6.59. The highest BCUT2D eigenvalue weighted by molar-refractivity contribution is 7.09. The number of hydrogen-bond donors (Lipinski definition) is 3. The van der Waals surface area contributed by atoms with Crippen LogP contribution >= 0.6 is 11.3 Å². The monoisotopic (exact) mass is 306 g/mol. The fourth-order valence-electron chi connectivity index (χ4n) is 1.64. The quantitative estimate of drug-likeness (QED) is 0.527. The van der Waals surface area contributed by atoms with Gasteiger partial charge in [0.15, 0.2) is 5.96 Å². The van der Waals surface area contributed by atoms with E-state index in [4.69, 9.17) is 10.2 Å². The molecule has 2 aromatic rings. The Morgan fingerprint density at radius 1 is 1.33 bits per heavy atom. The molecular formula is C14H18N4O2S. The molecule has 0 aliphatic carbocycles. The van der Waals surface area contributed by atoms with Gasteiger partial charge in [0.2, 0.25) is 5.91 Å². The first kappa shape index (κ1) is 15.1. The second-order valence-corrected chi connectivity index (χ2v) is 5.35. The zero-order valence-corrected chi connectivity index (χ0v) is 12.4. The highest BCUT2D eigenvalue weighted by atomic mass is 32.1. The zero-order chi connectivity index (χ0) is 14.9. The fraction of sp³-hybridized carbons (Fsp3) is 0.286. The van der Waals surface area contributed by atoms with Crippen LogP contribution in [0.1, 0.15) is 10.6 Å². The van der Waals surface area contributed by atoms with Gasteiger partial charge in [-0.05, 0) is 30.0 Å². The highest BCUT2D eigenvalue weighted by Gasteiger charge is 2.02. The van der Waals surface area contributed by atoms with E-state index in [1.807, 2.05) is 11.4 Å². The van der Waals surface area contributed by atoms with E-state index in [0.717, 1.165) is 6.42 Å². The van der Waals surface area contributed by atoms with E-state index >= 15 is 0 Å². The average Bonchev–Trinajstić information content (AvgIpc) is 3.16. The third-order valence-corrected chi connectivity index (χ3v) is 3.63. The summed E-state index contributed by atoms with van der Waals surface area (Å²) >= 11 is 1.70. The zero-order valence-electron chi connectivity index (χ0n) is 11.5. The van der Waals surface area contributed by atoms with Crippen LogP contribution in [-0.4, -0.2) is 25.0 Å². The van der Waals surface area contributed by atoms with Crippen LogP contribution in [0, 0.1) is 0 Å². The van der Waals surface area contributed by atoms with E-state index in [9.17, 15) is 4.79 Å². The van der Waals surface area contributed by atoms with Crippen molar-refractivity contribution >= 4 is 23.2 Å². The minimum Gasteiger partial charge on any atom is -0.467 e. The lowest BCUT2D eigenvalue weighted by molar-refractivity contribution is -0.119. The molecule has 0 radical (unpaired) electrons. The Bertz CT molecular complexity index is 564. The molecule has 0 fully saturated rings. The van der Waals surface area contributed by atoms with Gasteiger partial charge >= 0.3 is 0 Å². The molecule has 6 nitrogen and oxygen atoms in total. The molecule has 0 saturated carbocycles. The molecule has 112 valence electrons. The van der Waals surface area contributed by atoms with Gasteiger partial charge in [-0.3, -0.25) is 4.79 Å². The number of amides is 1. The summed E-state index contributed by atoms with van der Waals surface area (Å²) in [6.07, 6.45) is 2.45. The summed E-state index contributed by atoms with van der Waals surface area (Å²) in [4.78, 5) is 16.8. The molecule has 0 aliphatic rings.